The SMILES string of the molecule is CC(N)C1CCN(C2CCCc3ccccc32)CC1. The van der Waals surface area contributed by atoms with Crippen LogP contribution in [-0.2, 0) is 6.42 Å². The standard InChI is InChI=1S/C17H26N2/c1-13(18)14-9-11-19(12-10-14)17-8-4-6-15-5-2-3-7-16(15)17/h2-3,5,7,13-14,17H,4,6,8-12,18H2,1H3. The Bertz CT molecular complexity index is 419. The molecule has 0 radical (unpaired) electrons. The molecule has 0 bridgehead atoms. The largest absolute Gasteiger partial charge is 0.328 e. The number of aryl methyl sites for hydroxylation is 1. The summed E-state index contributed by atoms with van der Waals surface area (Å²) in [5.74, 6) is 0.732. The van der Waals surface area contributed by atoms with Crippen LogP contribution in [-0.4, -0.2) is 24.0 Å². The van der Waals surface area contributed by atoms with Crippen LogP contribution < -0.4 is 5.73 Å². The van der Waals surface area contributed by atoms with Crippen LogP contribution in [0, 0.1) is 5.92 Å². The molecule has 1 aliphatic carbocycles. The van der Waals surface area contributed by atoms with Crippen LogP contribution in [0.1, 0.15) is 49.8 Å². The van der Waals surface area contributed by atoms with Crippen molar-refractivity contribution in [3.8, 4) is 0 Å². The average Bonchev–Trinajstić information content (AvgIpc) is 2.47. The maximum absolute atomic E-state index is 6.05. The van der Waals surface area contributed by atoms with Gasteiger partial charge in [-0.3, -0.25) is 4.90 Å². The van der Waals surface area contributed by atoms with Crippen LogP contribution >= 0.6 is 0 Å². The van der Waals surface area contributed by atoms with E-state index in [4.69, 9.17) is 5.73 Å². The average molecular weight is 258 g/mol. The Morgan fingerprint density at radius 2 is 1.89 bits per heavy atom. The third-order valence-corrected chi connectivity index (χ3v) is 5.10. The van der Waals surface area contributed by atoms with E-state index in [1.165, 1.54) is 45.2 Å². The van der Waals surface area contributed by atoms with Crippen molar-refractivity contribution >= 4 is 0 Å². The van der Waals surface area contributed by atoms with Gasteiger partial charge in [0.05, 0.1) is 0 Å². The highest BCUT2D eigenvalue weighted by Gasteiger charge is 2.29. The molecule has 1 aromatic rings. The van der Waals surface area contributed by atoms with E-state index in [-0.39, 0.29) is 0 Å². The van der Waals surface area contributed by atoms with Crippen LogP contribution in [0.5, 0.6) is 0 Å². The van der Waals surface area contributed by atoms with Gasteiger partial charge < -0.3 is 5.73 Å². The van der Waals surface area contributed by atoms with Gasteiger partial charge in [-0.05, 0) is 69.2 Å². The maximum Gasteiger partial charge on any atom is 0.0350 e. The van der Waals surface area contributed by atoms with E-state index in [2.05, 4.69) is 36.1 Å². The lowest BCUT2D eigenvalue weighted by Crippen LogP contribution is -2.42. The predicted octanol–water partition coefficient (Wildman–Crippen LogP) is 3.12. The van der Waals surface area contributed by atoms with Crippen LogP contribution in [0.25, 0.3) is 0 Å². The second-order valence-electron chi connectivity index (χ2n) is 6.34. The molecule has 0 spiro atoms. The van der Waals surface area contributed by atoms with Gasteiger partial charge in [0.25, 0.3) is 0 Å². The van der Waals surface area contributed by atoms with Crippen LogP contribution in [0.4, 0.5) is 0 Å². The minimum absolute atomic E-state index is 0.362. The molecular formula is C17H26N2. The molecule has 1 heterocycles. The van der Waals surface area contributed by atoms with Crippen molar-refractivity contribution in [2.24, 2.45) is 11.7 Å². The number of likely N-dealkylation sites (tertiary alicyclic amines) is 1. The minimum Gasteiger partial charge on any atom is -0.328 e. The molecule has 2 atom stereocenters. The summed E-state index contributed by atoms with van der Waals surface area (Å²) in [4.78, 5) is 2.71. The minimum atomic E-state index is 0.362. The van der Waals surface area contributed by atoms with Crippen molar-refractivity contribution < 1.29 is 0 Å². The fourth-order valence-electron chi connectivity index (χ4n) is 3.86. The molecule has 2 unspecified atom stereocenters. The molecule has 0 amide bonds. The number of fused-ring (bicyclic) bond motifs is 1. The molecule has 1 aliphatic heterocycles. The number of rotatable bonds is 2. The Hall–Kier alpha value is -0.860. The summed E-state index contributed by atoms with van der Waals surface area (Å²) in [5.41, 5.74) is 9.22. The fourth-order valence-corrected chi connectivity index (χ4v) is 3.86. The molecule has 1 fully saturated rings. The van der Waals surface area contributed by atoms with Gasteiger partial charge >= 0.3 is 0 Å². The van der Waals surface area contributed by atoms with Gasteiger partial charge in [0, 0.05) is 12.1 Å². The smallest absolute Gasteiger partial charge is 0.0350 e. The molecule has 2 aliphatic rings. The van der Waals surface area contributed by atoms with E-state index < -0.39 is 0 Å². The summed E-state index contributed by atoms with van der Waals surface area (Å²) in [6.45, 7) is 4.62. The molecule has 19 heavy (non-hydrogen) atoms. The van der Waals surface area contributed by atoms with Gasteiger partial charge in [-0.25, -0.2) is 0 Å². The van der Waals surface area contributed by atoms with Crippen LogP contribution in [0.15, 0.2) is 24.3 Å². The highest BCUT2D eigenvalue weighted by molar-refractivity contribution is 5.32. The highest BCUT2D eigenvalue weighted by Crippen LogP contribution is 2.36. The summed E-state index contributed by atoms with van der Waals surface area (Å²) < 4.78 is 0. The first kappa shape index (κ1) is 13.1. The van der Waals surface area contributed by atoms with Gasteiger partial charge in [0.2, 0.25) is 0 Å². The van der Waals surface area contributed by atoms with E-state index >= 15 is 0 Å². The molecule has 1 saturated heterocycles. The summed E-state index contributed by atoms with van der Waals surface area (Å²) >= 11 is 0. The molecule has 3 rings (SSSR count). The van der Waals surface area contributed by atoms with Crippen molar-refractivity contribution in [1.82, 2.24) is 4.90 Å². The number of hydrogen-bond donors (Lipinski definition) is 1. The molecule has 1 aromatic carbocycles. The molecule has 2 heteroatoms. The van der Waals surface area contributed by atoms with Gasteiger partial charge in [0.15, 0.2) is 0 Å². The van der Waals surface area contributed by atoms with E-state index in [9.17, 15) is 0 Å². The number of nitrogens with two attached hydrogens (primary N) is 1. The highest BCUT2D eigenvalue weighted by atomic mass is 15.2. The van der Waals surface area contributed by atoms with Crippen molar-refractivity contribution in [2.75, 3.05) is 13.1 Å². The van der Waals surface area contributed by atoms with E-state index in [0.29, 0.717) is 12.1 Å². The number of piperidine rings is 1. The molecule has 2 N–H and O–H groups in total. The zero-order valence-corrected chi connectivity index (χ0v) is 12.0. The van der Waals surface area contributed by atoms with Gasteiger partial charge in [-0.2, -0.15) is 0 Å². The van der Waals surface area contributed by atoms with E-state index in [0.717, 1.165) is 5.92 Å². The maximum atomic E-state index is 6.05. The summed E-state index contributed by atoms with van der Waals surface area (Å²) in [6.07, 6.45) is 6.49. The Morgan fingerprint density at radius 1 is 1.16 bits per heavy atom. The lowest BCUT2D eigenvalue weighted by Gasteiger charge is -2.41. The Balaban J connectivity index is 1.71. The van der Waals surface area contributed by atoms with Crippen LogP contribution in [0.2, 0.25) is 0 Å². The Labute approximate surface area is 117 Å². The molecular weight excluding hydrogens is 232 g/mol. The first-order valence-corrected chi connectivity index (χ1v) is 7.83. The lowest BCUT2D eigenvalue weighted by atomic mass is 9.84. The van der Waals surface area contributed by atoms with Crippen molar-refractivity contribution in [1.29, 1.82) is 0 Å². The van der Waals surface area contributed by atoms with Crippen molar-refractivity contribution in [3.05, 3.63) is 35.4 Å². The predicted molar refractivity (Wildman–Crippen MR) is 80.1 cm³/mol. The van der Waals surface area contributed by atoms with E-state index in [1.54, 1.807) is 11.1 Å². The number of nitrogens with zero attached hydrogens (tertiary/aromatic N) is 1. The fraction of sp³-hybridized carbons (Fsp3) is 0.647. The second kappa shape index (κ2) is 5.64. The second-order valence-corrected chi connectivity index (χ2v) is 6.34. The third-order valence-electron chi connectivity index (χ3n) is 5.10. The monoisotopic (exact) mass is 258 g/mol. The van der Waals surface area contributed by atoms with Crippen molar-refractivity contribution in [3.63, 3.8) is 0 Å². The lowest BCUT2D eigenvalue weighted by molar-refractivity contribution is 0.113. The van der Waals surface area contributed by atoms with Gasteiger partial charge in [0.1, 0.15) is 0 Å². The zero-order chi connectivity index (χ0) is 13.2. The first-order valence-electron chi connectivity index (χ1n) is 7.83. The first-order chi connectivity index (χ1) is 9.25. The molecule has 104 valence electrons. The van der Waals surface area contributed by atoms with Gasteiger partial charge in [-0.1, -0.05) is 24.3 Å². The quantitative estimate of drug-likeness (QED) is 0.883. The number of hydrogen-bond acceptors (Lipinski definition) is 2. The third kappa shape index (κ3) is 2.70. The normalized spacial score (nSPS) is 26.9. The van der Waals surface area contributed by atoms with Gasteiger partial charge in [-0.15, -0.1) is 0 Å². The zero-order valence-electron chi connectivity index (χ0n) is 12.0. The van der Waals surface area contributed by atoms with Crippen molar-refractivity contribution in [2.45, 2.75) is 51.1 Å². The summed E-state index contributed by atoms with van der Waals surface area (Å²) in [7, 11) is 0. The van der Waals surface area contributed by atoms with Crippen LogP contribution in [0.3, 0.4) is 0 Å². The summed E-state index contributed by atoms with van der Waals surface area (Å²) in [6, 6.07) is 10.1. The number of benzene rings is 1. The Morgan fingerprint density at radius 3 is 2.63 bits per heavy atom. The molecule has 0 saturated carbocycles. The van der Waals surface area contributed by atoms with E-state index in [1.807, 2.05) is 0 Å². The topological polar surface area (TPSA) is 29.3 Å². The Kier molecular flexibility index (Phi) is 3.90. The molecule has 2 nitrogen and oxygen atoms in total. The molecule has 0 aromatic heterocycles. The summed E-state index contributed by atoms with van der Waals surface area (Å²) in [5, 5.41) is 0.